The maximum absolute atomic E-state index is 11.5. The summed E-state index contributed by atoms with van der Waals surface area (Å²) in [5.41, 5.74) is 5.76. The molecule has 1 saturated heterocycles. The zero-order chi connectivity index (χ0) is 12.3. The van der Waals surface area contributed by atoms with Gasteiger partial charge in [0.25, 0.3) is 0 Å². The van der Waals surface area contributed by atoms with Crippen LogP contribution in [0.15, 0.2) is 18.2 Å². The van der Waals surface area contributed by atoms with Gasteiger partial charge in [-0.3, -0.25) is 9.59 Å². The van der Waals surface area contributed by atoms with Gasteiger partial charge in [-0.05, 0) is 18.1 Å². The van der Waals surface area contributed by atoms with E-state index in [9.17, 15) is 9.59 Å². The van der Waals surface area contributed by atoms with Crippen molar-refractivity contribution in [2.24, 2.45) is 5.73 Å². The highest BCUT2D eigenvalue weighted by atomic mass is 16.2. The molecule has 1 aromatic heterocycles. The van der Waals surface area contributed by atoms with Crippen molar-refractivity contribution in [1.82, 2.24) is 4.98 Å². The molecule has 0 aromatic carbocycles. The summed E-state index contributed by atoms with van der Waals surface area (Å²) in [6.45, 7) is 0.244. The van der Waals surface area contributed by atoms with Crippen molar-refractivity contribution >= 4 is 17.6 Å². The van der Waals surface area contributed by atoms with E-state index in [1.54, 1.807) is 18.2 Å². The van der Waals surface area contributed by atoms with Crippen LogP contribution in [0.5, 0.6) is 0 Å². The number of nitrogens with two attached hydrogens (primary N) is 1. The second-order valence-electron chi connectivity index (χ2n) is 3.51. The summed E-state index contributed by atoms with van der Waals surface area (Å²) < 4.78 is 0. The summed E-state index contributed by atoms with van der Waals surface area (Å²) in [7, 11) is 0. The van der Waals surface area contributed by atoms with Gasteiger partial charge in [0.05, 0.1) is 6.54 Å². The molecule has 1 aliphatic heterocycles. The Kier molecular flexibility index (Phi) is 3.17. The maximum atomic E-state index is 11.5. The Morgan fingerprint density at radius 3 is 2.65 bits per heavy atom. The number of rotatable bonds is 1. The fourth-order valence-electron chi connectivity index (χ4n) is 1.59. The molecule has 2 heterocycles. The molecule has 86 valence electrons. The third-order valence-corrected chi connectivity index (χ3v) is 2.33. The second-order valence-corrected chi connectivity index (χ2v) is 3.51. The van der Waals surface area contributed by atoms with Gasteiger partial charge in [-0.25, -0.2) is 9.88 Å². The Balaban J connectivity index is 2.33. The molecule has 2 amide bonds. The lowest BCUT2D eigenvalue weighted by Crippen LogP contribution is -2.29. The predicted octanol–water partition coefficient (Wildman–Crippen LogP) is 0.0452. The van der Waals surface area contributed by atoms with E-state index in [1.807, 2.05) is 0 Å². The Morgan fingerprint density at radius 1 is 1.29 bits per heavy atom. The van der Waals surface area contributed by atoms with Crippen LogP contribution >= 0.6 is 0 Å². The maximum Gasteiger partial charge on any atom is 0.235 e. The average Bonchev–Trinajstić information content (AvgIpc) is 2.67. The molecule has 0 atom stereocenters. The van der Waals surface area contributed by atoms with Crippen LogP contribution < -0.4 is 10.6 Å². The van der Waals surface area contributed by atoms with Crippen LogP contribution in [0, 0.1) is 11.8 Å². The van der Waals surface area contributed by atoms with E-state index in [0.717, 1.165) is 4.90 Å². The molecule has 0 aliphatic carbocycles. The van der Waals surface area contributed by atoms with E-state index in [4.69, 9.17) is 5.73 Å². The Labute approximate surface area is 98.6 Å². The molecular formula is C12H11N3O2. The van der Waals surface area contributed by atoms with Gasteiger partial charge in [-0.2, -0.15) is 0 Å². The molecule has 17 heavy (non-hydrogen) atoms. The van der Waals surface area contributed by atoms with Crippen LogP contribution in [-0.4, -0.2) is 23.3 Å². The molecule has 1 aliphatic rings. The summed E-state index contributed by atoms with van der Waals surface area (Å²) in [4.78, 5) is 28.3. The van der Waals surface area contributed by atoms with Gasteiger partial charge < -0.3 is 5.73 Å². The SMILES string of the molecule is NCC#Cc1cccc(N2C(=O)CCC2=O)n1. The third kappa shape index (κ3) is 2.32. The van der Waals surface area contributed by atoms with E-state index in [-0.39, 0.29) is 31.2 Å². The summed E-state index contributed by atoms with van der Waals surface area (Å²) in [6.07, 6.45) is 0.498. The number of pyridine rings is 1. The summed E-state index contributed by atoms with van der Waals surface area (Å²) in [5.74, 6) is 5.34. The van der Waals surface area contributed by atoms with E-state index >= 15 is 0 Å². The Morgan fingerprint density at radius 2 is 2.00 bits per heavy atom. The predicted molar refractivity (Wildman–Crippen MR) is 61.9 cm³/mol. The Bertz CT molecular complexity index is 512. The van der Waals surface area contributed by atoms with Crippen LogP contribution in [-0.2, 0) is 9.59 Å². The van der Waals surface area contributed by atoms with Gasteiger partial charge >= 0.3 is 0 Å². The van der Waals surface area contributed by atoms with Crippen LogP contribution in [0.2, 0.25) is 0 Å². The van der Waals surface area contributed by atoms with Crippen LogP contribution in [0.25, 0.3) is 0 Å². The van der Waals surface area contributed by atoms with E-state index in [1.165, 1.54) is 0 Å². The minimum absolute atomic E-state index is 0.216. The first-order chi connectivity index (χ1) is 8.22. The Hall–Kier alpha value is -2.19. The summed E-state index contributed by atoms with van der Waals surface area (Å²) >= 11 is 0. The molecule has 5 nitrogen and oxygen atoms in total. The van der Waals surface area contributed by atoms with Crippen molar-refractivity contribution in [3.8, 4) is 11.8 Å². The number of imide groups is 1. The summed E-state index contributed by atoms with van der Waals surface area (Å²) in [6, 6.07) is 5.04. The molecule has 5 heteroatoms. The average molecular weight is 229 g/mol. The van der Waals surface area contributed by atoms with Gasteiger partial charge in [0.15, 0.2) is 0 Å². The topological polar surface area (TPSA) is 76.3 Å². The highest BCUT2D eigenvalue weighted by molar-refractivity contribution is 6.19. The zero-order valence-electron chi connectivity index (χ0n) is 9.14. The van der Waals surface area contributed by atoms with E-state index in [0.29, 0.717) is 11.5 Å². The van der Waals surface area contributed by atoms with Gasteiger partial charge in [0, 0.05) is 12.8 Å². The minimum atomic E-state index is -0.216. The highest BCUT2D eigenvalue weighted by Crippen LogP contribution is 2.20. The zero-order valence-corrected chi connectivity index (χ0v) is 9.14. The third-order valence-electron chi connectivity index (χ3n) is 2.33. The normalized spacial score (nSPS) is 14.8. The fraction of sp³-hybridized carbons (Fsp3) is 0.250. The number of carbonyl (C=O) groups excluding carboxylic acids is 2. The molecule has 1 aromatic rings. The molecule has 1 fully saturated rings. The van der Waals surface area contributed by atoms with Crippen molar-refractivity contribution < 1.29 is 9.59 Å². The van der Waals surface area contributed by atoms with Gasteiger partial charge in [-0.1, -0.05) is 12.0 Å². The largest absolute Gasteiger partial charge is 0.320 e. The standard InChI is InChI=1S/C12H11N3O2/c13-8-2-4-9-3-1-5-10(14-9)15-11(16)6-7-12(15)17/h1,3,5H,6-8,13H2. The monoisotopic (exact) mass is 229 g/mol. The molecule has 0 spiro atoms. The number of nitrogens with zero attached hydrogens (tertiary/aromatic N) is 2. The first-order valence-electron chi connectivity index (χ1n) is 5.24. The highest BCUT2D eigenvalue weighted by Gasteiger charge is 2.31. The first kappa shape index (κ1) is 11.3. The molecular weight excluding hydrogens is 218 g/mol. The first-order valence-corrected chi connectivity index (χ1v) is 5.24. The lowest BCUT2D eigenvalue weighted by atomic mass is 10.3. The quantitative estimate of drug-likeness (QED) is 0.545. The van der Waals surface area contributed by atoms with Gasteiger partial charge in [0.2, 0.25) is 11.8 Å². The van der Waals surface area contributed by atoms with E-state index in [2.05, 4.69) is 16.8 Å². The van der Waals surface area contributed by atoms with Gasteiger partial charge in [0.1, 0.15) is 11.5 Å². The van der Waals surface area contributed by atoms with Crippen molar-refractivity contribution in [3.05, 3.63) is 23.9 Å². The van der Waals surface area contributed by atoms with E-state index < -0.39 is 0 Å². The van der Waals surface area contributed by atoms with Crippen LogP contribution in [0.1, 0.15) is 18.5 Å². The lowest BCUT2D eigenvalue weighted by Gasteiger charge is -2.12. The van der Waals surface area contributed by atoms with Crippen molar-refractivity contribution in [3.63, 3.8) is 0 Å². The number of carbonyl (C=O) groups is 2. The minimum Gasteiger partial charge on any atom is -0.320 e. The smallest absolute Gasteiger partial charge is 0.235 e. The molecule has 0 unspecified atom stereocenters. The number of hydrogen-bond donors (Lipinski definition) is 1. The number of amides is 2. The van der Waals surface area contributed by atoms with Gasteiger partial charge in [-0.15, -0.1) is 0 Å². The number of hydrogen-bond acceptors (Lipinski definition) is 4. The van der Waals surface area contributed by atoms with Crippen LogP contribution in [0.4, 0.5) is 5.82 Å². The van der Waals surface area contributed by atoms with Crippen molar-refractivity contribution in [2.45, 2.75) is 12.8 Å². The molecule has 2 rings (SSSR count). The number of aromatic nitrogens is 1. The molecule has 0 bridgehead atoms. The fourth-order valence-corrected chi connectivity index (χ4v) is 1.59. The van der Waals surface area contributed by atoms with Crippen LogP contribution in [0.3, 0.4) is 0 Å². The second kappa shape index (κ2) is 4.76. The summed E-state index contributed by atoms with van der Waals surface area (Å²) in [5, 5.41) is 0. The molecule has 2 N–H and O–H groups in total. The molecule has 0 radical (unpaired) electrons. The van der Waals surface area contributed by atoms with Crippen molar-refractivity contribution in [1.29, 1.82) is 0 Å². The number of anilines is 1. The lowest BCUT2D eigenvalue weighted by molar-refractivity contribution is -0.121. The molecule has 0 saturated carbocycles. The van der Waals surface area contributed by atoms with Crippen molar-refractivity contribution in [2.75, 3.05) is 11.4 Å².